The lowest BCUT2D eigenvalue weighted by Gasteiger charge is -2.39. The molecule has 1 aliphatic heterocycles. The van der Waals surface area contributed by atoms with Gasteiger partial charge in [-0.05, 0) is 6.07 Å². The zero-order valence-corrected chi connectivity index (χ0v) is 9.93. The van der Waals surface area contributed by atoms with E-state index in [1.165, 1.54) is 13.3 Å². The molecule has 5 nitrogen and oxygen atoms in total. The maximum absolute atomic E-state index is 13.9. The molecule has 0 bridgehead atoms. The Morgan fingerprint density at radius 2 is 2.22 bits per heavy atom. The van der Waals surface area contributed by atoms with Crippen LogP contribution in [0.25, 0.3) is 11.0 Å². The van der Waals surface area contributed by atoms with Crippen molar-refractivity contribution in [2.24, 2.45) is 5.73 Å². The molecule has 0 spiro atoms. The summed E-state index contributed by atoms with van der Waals surface area (Å²) in [6, 6.07) is 3.57. The van der Waals surface area contributed by atoms with Gasteiger partial charge >= 0.3 is 0 Å². The van der Waals surface area contributed by atoms with Gasteiger partial charge in [0.15, 0.2) is 5.82 Å². The SMILES string of the molecule is COc1ccc2ncc(F)c(N3CC(N)C3)c2n1. The van der Waals surface area contributed by atoms with Crippen LogP contribution in [0.5, 0.6) is 5.88 Å². The first-order valence-electron chi connectivity index (χ1n) is 5.69. The van der Waals surface area contributed by atoms with Crippen molar-refractivity contribution in [3.8, 4) is 5.88 Å². The van der Waals surface area contributed by atoms with E-state index in [0.29, 0.717) is 35.7 Å². The minimum Gasteiger partial charge on any atom is -0.481 e. The molecule has 0 amide bonds. The lowest BCUT2D eigenvalue weighted by molar-refractivity contribution is 0.399. The molecule has 0 aromatic carbocycles. The number of pyridine rings is 2. The highest BCUT2D eigenvalue weighted by Crippen LogP contribution is 2.31. The van der Waals surface area contributed by atoms with Gasteiger partial charge in [-0.25, -0.2) is 9.37 Å². The van der Waals surface area contributed by atoms with Gasteiger partial charge in [0.2, 0.25) is 5.88 Å². The molecule has 0 aliphatic carbocycles. The third kappa shape index (κ3) is 1.65. The van der Waals surface area contributed by atoms with Crippen LogP contribution in [0, 0.1) is 5.82 Å². The summed E-state index contributed by atoms with van der Waals surface area (Å²) in [7, 11) is 1.53. The lowest BCUT2D eigenvalue weighted by Crippen LogP contribution is -2.56. The summed E-state index contributed by atoms with van der Waals surface area (Å²) in [5, 5.41) is 0. The topological polar surface area (TPSA) is 64.3 Å². The van der Waals surface area contributed by atoms with Crippen molar-refractivity contribution >= 4 is 16.7 Å². The number of anilines is 1. The standard InChI is InChI=1S/C12H13FN4O/c1-18-10-3-2-9-11(16-10)12(8(13)4-15-9)17-5-7(14)6-17/h2-4,7H,5-6,14H2,1H3. The molecule has 0 saturated carbocycles. The molecule has 0 atom stereocenters. The third-order valence-electron chi connectivity index (χ3n) is 3.05. The van der Waals surface area contributed by atoms with Gasteiger partial charge in [-0.15, -0.1) is 0 Å². The van der Waals surface area contributed by atoms with Crippen molar-refractivity contribution in [1.82, 2.24) is 9.97 Å². The average Bonchev–Trinajstić information content (AvgIpc) is 2.35. The smallest absolute Gasteiger partial charge is 0.213 e. The molecule has 94 valence electrons. The van der Waals surface area contributed by atoms with Crippen LogP contribution in [-0.4, -0.2) is 36.2 Å². The first-order chi connectivity index (χ1) is 8.69. The summed E-state index contributed by atoms with van der Waals surface area (Å²) < 4.78 is 19.0. The molecule has 1 fully saturated rings. The Kier molecular flexibility index (Phi) is 2.52. The minimum atomic E-state index is -0.379. The van der Waals surface area contributed by atoms with Crippen molar-refractivity contribution in [3.05, 3.63) is 24.1 Å². The highest BCUT2D eigenvalue weighted by Gasteiger charge is 2.28. The second-order valence-corrected chi connectivity index (χ2v) is 4.34. The number of fused-ring (bicyclic) bond motifs is 1. The predicted octanol–water partition coefficient (Wildman–Crippen LogP) is 0.925. The number of hydrogen-bond acceptors (Lipinski definition) is 5. The molecule has 18 heavy (non-hydrogen) atoms. The third-order valence-corrected chi connectivity index (χ3v) is 3.05. The van der Waals surface area contributed by atoms with E-state index < -0.39 is 0 Å². The van der Waals surface area contributed by atoms with E-state index in [0.717, 1.165) is 0 Å². The summed E-state index contributed by atoms with van der Waals surface area (Å²) in [6.45, 7) is 1.27. The summed E-state index contributed by atoms with van der Waals surface area (Å²) in [5.74, 6) is 0.0659. The van der Waals surface area contributed by atoms with Crippen LogP contribution >= 0.6 is 0 Å². The second kappa shape index (κ2) is 4.06. The van der Waals surface area contributed by atoms with Crippen LogP contribution in [0.3, 0.4) is 0 Å². The predicted molar refractivity (Wildman–Crippen MR) is 66.2 cm³/mol. The molecular weight excluding hydrogens is 235 g/mol. The normalized spacial score (nSPS) is 15.8. The summed E-state index contributed by atoms with van der Waals surface area (Å²) >= 11 is 0. The molecule has 2 aromatic heterocycles. The molecule has 2 N–H and O–H groups in total. The fourth-order valence-electron chi connectivity index (χ4n) is 2.12. The Morgan fingerprint density at radius 1 is 1.44 bits per heavy atom. The summed E-state index contributed by atoms with van der Waals surface area (Å²) in [4.78, 5) is 10.2. The lowest BCUT2D eigenvalue weighted by atomic mass is 10.1. The molecular formula is C12H13FN4O. The number of methoxy groups -OCH3 is 1. The van der Waals surface area contributed by atoms with E-state index >= 15 is 0 Å². The second-order valence-electron chi connectivity index (χ2n) is 4.34. The summed E-state index contributed by atoms with van der Waals surface area (Å²) in [5.41, 5.74) is 7.35. The van der Waals surface area contributed by atoms with E-state index in [9.17, 15) is 4.39 Å². The molecule has 2 aromatic rings. The number of aromatic nitrogens is 2. The van der Waals surface area contributed by atoms with Crippen LogP contribution in [0.4, 0.5) is 10.1 Å². The number of ether oxygens (including phenoxy) is 1. The van der Waals surface area contributed by atoms with Crippen LogP contribution in [-0.2, 0) is 0 Å². The molecule has 6 heteroatoms. The van der Waals surface area contributed by atoms with E-state index in [-0.39, 0.29) is 11.9 Å². The molecule has 0 radical (unpaired) electrons. The number of hydrogen-bond donors (Lipinski definition) is 1. The van der Waals surface area contributed by atoms with Crippen molar-refractivity contribution < 1.29 is 9.13 Å². The Bertz CT molecular complexity index is 598. The van der Waals surface area contributed by atoms with Gasteiger partial charge in [-0.2, -0.15) is 0 Å². The Balaban J connectivity index is 2.17. The molecule has 0 unspecified atom stereocenters. The maximum Gasteiger partial charge on any atom is 0.213 e. The highest BCUT2D eigenvalue weighted by molar-refractivity contribution is 5.89. The van der Waals surface area contributed by atoms with Gasteiger partial charge < -0.3 is 15.4 Å². The zero-order chi connectivity index (χ0) is 12.7. The quantitative estimate of drug-likeness (QED) is 0.856. The fraction of sp³-hybridized carbons (Fsp3) is 0.333. The maximum atomic E-state index is 13.9. The number of halogens is 1. The van der Waals surface area contributed by atoms with E-state index in [1.54, 1.807) is 12.1 Å². The van der Waals surface area contributed by atoms with E-state index in [4.69, 9.17) is 10.5 Å². The molecule has 1 aliphatic rings. The number of nitrogens with zero attached hydrogens (tertiary/aromatic N) is 3. The first kappa shape index (κ1) is 11.2. The fourth-order valence-corrected chi connectivity index (χ4v) is 2.12. The van der Waals surface area contributed by atoms with Gasteiger partial charge in [0, 0.05) is 25.2 Å². The van der Waals surface area contributed by atoms with Crippen LogP contribution in [0.2, 0.25) is 0 Å². The van der Waals surface area contributed by atoms with Crippen molar-refractivity contribution in [1.29, 1.82) is 0 Å². The van der Waals surface area contributed by atoms with Gasteiger partial charge in [-0.1, -0.05) is 0 Å². The van der Waals surface area contributed by atoms with E-state index in [2.05, 4.69) is 9.97 Å². The van der Waals surface area contributed by atoms with Crippen molar-refractivity contribution in [3.63, 3.8) is 0 Å². The zero-order valence-electron chi connectivity index (χ0n) is 9.93. The van der Waals surface area contributed by atoms with Crippen LogP contribution < -0.4 is 15.4 Å². The monoisotopic (exact) mass is 248 g/mol. The molecule has 1 saturated heterocycles. The Hall–Kier alpha value is -1.95. The number of nitrogens with two attached hydrogens (primary N) is 1. The van der Waals surface area contributed by atoms with Crippen LogP contribution in [0.15, 0.2) is 18.3 Å². The van der Waals surface area contributed by atoms with Crippen molar-refractivity contribution in [2.45, 2.75) is 6.04 Å². The highest BCUT2D eigenvalue weighted by atomic mass is 19.1. The number of rotatable bonds is 2. The first-order valence-corrected chi connectivity index (χ1v) is 5.69. The van der Waals surface area contributed by atoms with Gasteiger partial charge in [0.1, 0.15) is 11.2 Å². The summed E-state index contributed by atoms with van der Waals surface area (Å²) in [6.07, 6.45) is 1.22. The Labute approximate surface area is 103 Å². The Morgan fingerprint density at radius 3 is 2.89 bits per heavy atom. The van der Waals surface area contributed by atoms with Gasteiger partial charge in [-0.3, -0.25) is 4.98 Å². The molecule has 3 rings (SSSR count). The minimum absolute atomic E-state index is 0.0956. The molecule has 3 heterocycles. The van der Waals surface area contributed by atoms with Gasteiger partial charge in [0.05, 0.1) is 18.8 Å². The van der Waals surface area contributed by atoms with E-state index in [1.807, 2.05) is 4.90 Å². The largest absolute Gasteiger partial charge is 0.481 e. The van der Waals surface area contributed by atoms with Crippen LogP contribution in [0.1, 0.15) is 0 Å². The van der Waals surface area contributed by atoms with Gasteiger partial charge in [0.25, 0.3) is 0 Å². The van der Waals surface area contributed by atoms with Crippen molar-refractivity contribution in [2.75, 3.05) is 25.1 Å². The average molecular weight is 248 g/mol.